The lowest BCUT2D eigenvalue weighted by Crippen LogP contribution is -2.01. The molecule has 2 rings (SSSR count). The standard InChI is InChI=1S/C13H14N2O2/c1-3-16-10(2)15-17-13-12-7-5-4-6-11(12)8-9-14-13/h4-9H,3H2,1-2H3/b15-10-. The predicted octanol–water partition coefficient (Wildman–Crippen LogP) is 2.98. The number of rotatable bonds is 3. The minimum Gasteiger partial charge on any atom is -0.479 e. The molecule has 1 aromatic heterocycles. The molecule has 0 fully saturated rings. The summed E-state index contributed by atoms with van der Waals surface area (Å²) in [5.74, 6) is 0.976. The zero-order valence-corrected chi connectivity index (χ0v) is 9.88. The van der Waals surface area contributed by atoms with Gasteiger partial charge in [-0.15, -0.1) is 0 Å². The van der Waals surface area contributed by atoms with Crippen LogP contribution in [0.15, 0.2) is 41.7 Å². The molecule has 0 spiro atoms. The quantitative estimate of drug-likeness (QED) is 0.462. The normalized spacial score (nSPS) is 11.5. The number of benzene rings is 1. The van der Waals surface area contributed by atoms with Gasteiger partial charge in [-0.1, -0.05) is 18.2 Å². The second kappa shape index (κ2) is 5.30. The van der Waals surface area contributed by atoms with Crippen LogP contribution in [0.3, 0.4) is 0 Å². The first-order valence-electron chi connectivity index (χ1n) is 5.49. The maximum Gasteiger partial charge on any atom is 0.256 e. The Hall–Kier alpha value is -2.10. The van der Waals surface area contributed by atoms with Gasteiger partial charge in [-0.2, -0.15) is 0 Å². The Bertz CT molecular complexity index is 532. The van der Waals surface area contributed by atoms with Crippen molar-refractivity contribution in [3.05, 3.63) is 36.5 Å². The highest BCUT2D eigenvalue weighted by molar-refractivity contribution is 5.86. The second-order valence-corrected chi connectivity index (χ2v) is 3.47. The van der Waals surface area contributed by atoms with Crippen LogP contribution in [0, 0.1) is 0 Å². The fraction of sp³-hybridized carbons (Fsp3) is 0.231. The lowest BCUT2D eigenvalue weighted by Gasteiger charge is -2.04. The third-order valence-corrected chi connectivity index (χ3v) is 2.25. The monoisotopic (exact) mass is 230 g/mol. The summed E-state index contributed by atoms with van der Waals surface area (Å²) in [7, 11) is 0. The van der Waals surface area contributed by atoms with Crippen molar-refractivity contribution in [1.29, 1.82) is 0 Å². The lowest BCUT2D eigenvalue weighted by molar-refractivity contribution is 0.272. The number of hydrogen-bond donors (Lipinski definition) is 0. The van der Waals surface area contributed by atoms with Gasteiger partial charge in [0.1, 0.15) is 0 Å². The molecular formula is C13H14N2O2. The summed E-state index contributed by atoms with van der Waals surface area (Å²) in [5, 5.41) is 5.87. The van der Waals surface area contributed by atoms with Gasteiger partial charge in [0.05, 0.1) is 6.61 Å². The van der Waals surface area contributed by atoms with Crippen LogP contribution in [0.25, 0.3) is 10.8 Å². The summed E-state index contributed by atoms with van der Waals surface area (Å²) in [6, 6.07) is 9.80. The Morgan fingerprint density at radius 3 is 2.94 bits per heavy atom. The molecule has 0 radical (unpaired) electrons. The highest BCUT2D eigenvalue weighted by Gasteiger charge is 2.02. The molecule has 0 atom stereocenters. The van der Waals surface area contributed by atoms with Crippen LogP contribution in [0.5, 0.6) is 5.88 Å². The lowest BCUT2D eigenvalue weighted by atomic mass is 10.2. The molecule has 0 saturated heterocycles. The van der Waals surface area contributed by atoms with Crippen molar-refractivity contribution in [1.82, 2.24) is 4.98 Å². The van der Waals surface area contributed by atoms with Crippen molar-refractivity contribution < 1.29 is 9.57 Å². The van der Waals surface area contributed by atoms with Gasteiger partial charge in [0, 0.05) is 18.5 Å². The number of aromatic nitrogens is 1. The van der Waals surface area contributed by atoms with E-state index in [-0.39, 0.29) is 0 Å². The molecule has 2 aromatic rings. The van der Waals surface area contributed by atoms with Crippen LogP contribution < -0.4 is 4.84 Å². The summed E-state index contributed by atoms with van der Waals surface area (Å²) in [5.41, 5.74) is 0. The first-order chi connectivity index (χ1) is 8.31. The second-order valence-electron chi connectivity index (χ2n) is 3.47. The van der Waals surface area contributed by atoms with Crippen molar-refractivity contribution in [3.8, 4) is 5.88 Å². The molecular weight excluding hydrogens is 216 g/mol. The van der Waals surface area contributed by atoms with E-state index in [1.807, 2.05) is 37.3 Å². The minimum absolute atomic E-state index is 0.488. The summed E-state index contributed by atoms with van der Waals surface area (Å²) < 4.78 is 5.17. The third-order valence-electron chi connectivity index (χ3n) is 2.25. The van der Waals surface area contributed by atoms with Gasteiger partial charge in [0.2, 0.25) is 5.90 Å². The third kappa shape index (κ3) is 2.72. The van der Waals surface area contributed by atoms with Crippen molar-refractivity contribution >= 4 is 16.7 Å². The summed E-state index contributed by atoms with van der Waals surface area (Å²) >= 11 is 0. The number of nitrogens with zero attached hydrogens (tertiary/aromatic N) is 2. The Labute approximate surface area is 99.9 Å². The van der Waals surface area contributed by atoms with E-state index in [1.54, 1.807) is 13.1 Å². The molecule has 0 aliphatic rings. The average molecular weight is 230 g/mol. The largest absolute Gasteiger partial charge is 0.479 e. The molecule has 17 heavy (non-hydrogen) atoms. The SMILES string of the molecule is CCO/C(C)=N\Oc1nccc2ccccc12. The van der Waals surface area contributed by atoms with Gasteiger partial charge in [-0.05, 0) is 29.6 Å². The zero-order chi connectivity index (χ0) is 12.1. The van der Waals surface area contributed by atoms with E-state index < -0.39 is 0 Å². The molecule has 0 saturated carbocycles. The number of oxime groups is 1. The molecule has 88 valence electrons. The van der Waals surface area contributed by atoms with Crippen molar-refractivity contribution in [2.45, 2.75) is 13.8 Å². The minimum atomic E-state index is 0.488. The Morgan fingerprint density at radius 1 is 1.29 bits per heavy atom. The molecule has 0 aliphatic carbocycles. The number of hydrogen-bond acceptors (Lipinski definition) is 4. The zero-order valence-electron chi connectivity index (χ0n) is 9.88. The van der Waals surface area contributed by atoms with Crippen molar-refractivity contribution in [2.24, 2.45) is 5.16 Å². The first-order valence-corrected chi connectivity index (χ1v) is 5.49. The molecule has 0 amide bonds. The van der Waals surface area contributed by atoms with Crippen molar-refractivity contribution in [2.75, 3.05) is 6.61 Å². The van der Waals surface area contributed by atoms with E-state index >= 15 is 0 Å². The maximum absolute atomic E-state index is 5.29. The first kappa shape index (κ1) is 11.4. The molecule has 1 aromatic carbocycles. The summed E-state index contributed by atoms with van der Waals surface area (Å²) in [4.78, 5) is 9.44. The van der Waals surface area contributed by atoms with Gasteiger partial charge in [-0.25, -0.2) is 4.98 Å². The van der Waals surface area contributed by atoms with E-state index in [0.717, 1.165) is 10.8 Å². The Balaban J connectivity index is 2.27. The fourth-order valence-corrected chi connectivity index (χ4v) is 1.51. The topological polar surface area (TPSA) is 43.7 Å². The van der Waals surface area contributed by atoms with E-state index in [1.165, 1.54) is 0 Å². The molecule has 0 N–H and O–H groups in total. The van der Waals surface area contributed by atoms with Gasteiger partial charge < -0.3 is 9.57 Å². The smallest absolute Gasteiger partial charge is 0.256 e. The Kier molecular flexibility index (Phi) is 3.55. The molecule has 4 nitrogen and oxygen atoms in total. The van der Waals surface area contributed by atoms with Gasteiger partial charge >= 0.3 is 0 Å². The highest BCUT2D eigenvalue weighted by atomic mass is 16.7. The van der Waals surface area contributed by atoms with E-state index in [4.69, 9.17) is 9.57 Å². The maximum atomic E-state index is 5.29. The highest BCUT2D eigenvalue weighted by Crippen LogP contribution is 2.22. The molecule has 0 aliphatic heterocycles. The predicted molar refractivity (Wildman–Crippen MR) is 67.1 cm³/mol. The van der Waals surface area contributed by atoms with E-state index in [9.17, 15) is 0 Å². The molecule has 4 heteroatoms. The molecule has 0 bridgehead atoms. The van der Waals surface area contributed by atoms with Crippen LogP contribution >= 0.6 is 0 Å². The number of fused-ring (bicyclic) bond motifs is 1. The van der Waals surface area contributed by atoms with Crippen LogP contribution in [-0.4, -0.2) is 17.5 Å². The van der Waals surface area contributed by atoms with Crippen LogP contribution in [0.4, 0.5) is 0 Å². The van der Waals surface area contributed by atoms with Crippen LogP contribution in [0.1, 0.15) is 13.8 Å². The fourth-order valence-electron chi connectivity index (χ4n) is 1.51. The van der Waals surface area contributed by atoms with Gasteiger partial charge in [-0.3, -0.25) is 0 Å². The van der Waals surface area contributed by atoms with Crippen LogP contribution in [0.2, 0.25) is 0 Å². The van der Waals surface area contributed by atoms with Crippen molar-refractivity contribution in [3.63, 3.8) is 0 Å². The Morgan fingerprint density at radius 2 is 2.12 bits per heavy atom. The molecule has 1 heterocycles. The number of ether oxygens (including phenoxy) is 1. The summed E-state index contributed by atoms with van der Waals surface area (Å²) in [6.45, 7) is 4.21. The van der Waals surface area contributed by atoms with E-state index in [0.29, 0.717) is 18.4 Å². The molecule has 0 unspecified atom stereocenters. The van der Waals surface area contributed by atoms with E-state index in [2.05, 4.69) is 10.1 Å². The number of pyridine rings is 1. The van der Waals surface area contributed by atoms with Crippen LogP contribution in [-0.2, 0) is 4.74 Å². The average Bonchev–Trinajstić information content (AvgIpc) is 2.36. The summed E-state index contributed by atoms with van der Waals surface area (Å²) in [6.07, 6.45) is 1.70. The van der Waals surface area contributed by atoms with Gasteiger partial charge in [0.15, 0.2) is 0 Å². The van der Waals surface area contributed by atoms with Gasteiger partial charge in [0.25, 0.3) is 5.88 Å².